The summed E-state index contributed by atoms with van der Waals surface area (Å²) in [6.07, 6.45) is 6.96. The quantitative estimate of drug-likeness (QED) is 0.838. The molecule has 0 bridgehead atoms. The number of nitrogens with zero attached hydrogens (tertiary/aromatic N) is 1. The highest BCUT2D eigenvalue weighted by molar-refractivity contribution is 5.24. The first-order valence-electron chi connectivity index (χ1n) is 7.79. The first-order chi connectivity index (χ1) is 9.73. The van der Waals surface area contributed by atoms with Crippen molar-refractivity contribution in [1.29, 1.82) is 0 Å². The van der Waals surface area contributed by atoms with Crippen LogP contribution in [0.15, 0.2) is 36.8 Å². The molecule has 0 aliphatic carbocycles. The number of H-pyrrole nitrogens is 1. The van der Waals surface area contributed by atoms with E-state index in [0.29, 0.717) is 5.41 Å². The number of aromatic nitrogens is 2. The van der Waals surface area contributed by atoms with Gasteiger partial charge in [-0.25, -0.2) is 4.98 Å². The molecule has 1 heterocycles. The van der Waals surface area contributed by atoms with Crippen LogP contribution < -0.4 is 0 Å². The third-order valence-electron chi connectivity index (χ3n) is 3.65. The summed E-state index contributed by atoms with van der Waals surface area (Å²) in [6, 6.07) is 9.14. The van der Waals surface area contributed by atoms with Crippen molar-refractivity contribution in [2.75, 3.05) is 0 Å². The largest absolute Gasteiger partial charge is 0.351 e. The molecule has 1 aromatic carbocycles. The van der Waals surface area contributed by atoms with Gasteiger partial charge in [0.1, 0.15) is 0 Å². The number of imidazole rings is 1. The molecule has 0 amide bonds. The van der Waals surface area contributed by atoms with Crippen LogP contribution in [0.3, 0.4) is 0 Å². The van der Waals surface area contributed by atoms with E-state index in [4.69, 9.17) is 0 Å². The van der Waals surface area contributed by atoms with Gasteiger partial charge >= 0.3 is 0 Å². The molecule has 2 rings (SSSR count). The number of rotatable bonds is 5. The van der Waals surface area contributed by atoms with E-state index in [1.165, 1.54) is 11.1 Å². The molecule has 0 radical (unpaired) electrons. The second-order valence-corrected chi connectivity index (χ2v) is 8.13. The van der Waals surface area contributed by atoms with Gasteiger partial charge in [-0.15, -0.1) is 0 Å². The average Bonchev–Trinajstić information content (AvgIpc) is 2.81. The SMILES string of the molecule is CC(C)(C)Cc1ccc(CC(C)(C)Cc2c[nH]cn2)cc1. The first-order valence-corrected chi connectivity index (χ1v) is 7.79. The Morgan fingerprint density at radius 3 is 1.90 bits per heavy atom. The number of hydrogen-bond acceptors (Lipinski definition) is 1. The van der Waals surface area contributed by atoms with Gasteiger partial charge in [0.2, 0.25) is 0 Å². The first kappa shape index (κ1) is 15.8. The molecule has 2 heteroatoms. The Bertz CT molecular complexity index is 542. The molecule has 0 saturated heterocycles. The van der Waals surface area contributed by atoms with Crippen LogP contribution in [0.4, 0.5) is 0 Å². The van der Waals surface area contributed by atoms with Crippen LogP contribution in [0.2, 0.25) is 0 Å². The van der Waals surface area contributed by atoms with Gasteiger partial charge in [0.15, 0.2) is 0 Å². The van der Waals surface area contributed by atoms with E-state index in [9.17, 15) is 0 Å². The highest BCUT2D eigenvalue weighted by Crippen LogP contribution is 2.27. The molecule has 0 atom stereocenters. The monoisotopic (exact) mass is 284 g/mol. The molecule has 114 valence electrons. The second-order valence-electron chi connectivity index (χ2n) is 8.13. The lowest BCUT2D eigenvalue weighted by Crippen LogP contribution is -2.18. The zero-order valence-electron chi connectivity index (χ0n) is 14.0. The summed E-state index contributed by atoms with van der Waals surface area (Å²) in [5.74, 6) is 0. The maximum Gasteiger partial charge on any atom is 0.0923 e. The highest BCUT2D eigenvalue weighted by Gasteiger charge is 2.20. The molecule has 2 aromatic rings. The van der Waals surface area contributed by atoms with Crippen molar-refractivity contribution in [2.45, 2.75) is 53.9 Å². The van der Waals surface area contributed by atoms with Crippen molar-refractivity contribution in [3.8, 4) is 0 Å². The number of aromatic amines is 1. The Morgan fingerprint density at radius 1 is 0.857 bits per heavy atom. The van der Waals surface area contributed by atoms with Crippen molar-refractivity contribution < 1.29 is 0 Å². The van der Waals surface area contributed by atoms with Crippen molar-refractivity contribution in [1.82, 2.24) is 9.97 Å². The van der Waals surface area contributed by atoms with Gasteiger partial charge in [0, 0.05) is 6.20 Å². The maximum atomic E-state index is 4.34. The minimum atomic E-state index is 0.223. The molecule has 21 heavy (non-hydrogen) atoms. The van der Waals surface area contributed by atoms with Crippen LogP contribution in [0.25, 0.3) is 0 Å². The van der Waals surface area contributed by atoms with E-state index in [1.54, 1.807) is 6.33 Å². The summed E-state index contributed by atoms with van der Waals surface area (Å²) < 4.78 is 0. The maximum absolute atomic E-state index is 4.34. The summed E-state index contributed by atoms with van der Waals surface area (Å²) in [7, 11) is 0. The third-order valence-corrected chi connectivity index (χ3v) is 3.65. The van der Waals surface area contributed by atoms with Crippen LogP contribution in [-0.4, -0.2) is 9.97 Å². The van der Waals surface area contributed by atoms with Gasteiger partial charge in [0.05, 0.1) is 12.0 Å². The van der Waals surface area contributed by atoms with Crippen LogP contribution in [0.1, 0.15) is 51.4 Å². The minimum Gasteiger partial charge on any atom is -0.351 e. The van der Waals surface area contributed by atoms with Crippen molar-refractivity contribution in [3.63, 3.8) is 0 Å². The van der Waals surface area contributed by atoms with Gasteiger partial charge in [-0.3, -0.25) is 0 Å². The lowest BCUT2D eigenvalue weighted by molar-refractivity contribution is 0.357. The fourth-order valence-electron chi connectivity index (χ4n) is 2.88. The fraction of sp³-hybridized carbons (Fsp3) is 0.526. The molecule has 0 saturated carbocycles. The van der Waals surface area contributed by atoms with Crippen LogP contribution in [0.5, 0.6) is 0 Å². The minimum absolute atomic E-state index is 0.223. The molecule has 0 fully saturated rings. The molecule has 2 nitrogen and oxygen atoms in total. The number of hydrogen-bond donors (Lipinski definition) is 1. The van der Waals surface area contributed by atoms with E-state index in [1.807, 2.05) is 6.20 Å². The van der Waals surface area contributed by atoms with Crippen LogP contribution in [-0.2, 0) is 19.3 Å². The van der Waals surface area contributed by atoms with E-state index in [0.717, 1.165) is 25.0 Å². The lowest BCUT2D eigenvalue weighted by Gasteiger charge is -2.24. The molecule has 0 aliphatic heterocycles. The van der Waals surface area contributed by atoms with E-state index in [2.05, 4.69) is 68.9 Å². The van der Waals surface area contributed by atoms with Crippen molar-refractivity contribution >= 4 is 0 Å². The zero-order valence-corrected chi connectivity index (χ0v) is 14.0. The zero-order chi connectivity index (χ0) is 15.5. The molecular formula is C19H28N2. The highest BCUT2D eigenvalue weighted by atomic mass is 14.9. The standard InChI is InChI=1S/C19H28N2/c1-18(2,3)10-15-6-8-16(9-7-15)11-19(4,5)12-17-13-20-14-21-17/h6-9,13-14H,10-12H2,1-5H3,(H,20,21). The Kier molecular flexibility index (Phi) is 4.55. The predicted octanol–water partition coefficient (Wildman–Crippen LogP) is 4.81. The number of benzene rings is 1. The molecule has 1 N–H and O–H groups in total. The fourth-order valence-corrected chi connectivity index (χ4v) is 2.88. The van der Waals surface area contributed by atoms with Crippen LogP contribution >= 0.6 is 0 Å². The van der Waals surface area contributed by atoms with E-state index in [-0.39, 0.29) is 5.41 Å². The van der Waals surface area contributed by atoms with Crippen LogP contribution in [0, 0.1) is 10.8 Å². The Morgan fingerprint density at radius 2 is 1.43 bits per heavy atom. The smallest absolute Gasteiger partial charge is 0.0923 e. The van der Waals surface area contributed by atoms with Crippen molar-refractivity contribution in [3.05, 3.63) is 53.6 Å². The summed E-state index contributed by atoms with van der Waals surface area (Å²) in [6.45, 7) is 11.5. The molecule has 0 spiro atoms. The Hall–Kier alpha value is -1.57. The molecular weight excluding hydrogens is 256 g/mol. The van der Waals surface area contributed by atoms with Gasteiger partial charge < -0.3 is 4.98 Å². The summed E-state index contributed by atoms with van der Waals surface area (Å²) in [4.78, 5) is 7.38. The molecule has 1 aromatic heterocycles. The topological polar surface area (TPSA) is 28.7 Å². The average molecular weight is 284 g/mol. The third kappa shape index (κ3) is 5.37. The van der Waals surface area contributed by atoms with Gasteiger partial charge in [-0.05, 0) is 41.2 Å². The second kappa shape index (κ2) is 6.05. The predicted molar refractivity (Wildman–Crippen MR) is 89.4 cm³/mol. The number of nitrogens with one attached hydrogen (secondary N) is 1. The van der Waals surface area contributed by atoms with E-state index >= 15 is 0 Å². The molecule has 0 unspecified atom stereocenters. The van der Waals surface area contributed by atoms with Gasteiger partial charge in [0.25, 0.3) is 0 Å². The van der Waals surface area contributed by atoms with Gasteiger partial charge in [-0.1, -0.05) is 58.9 Å². The summed E-state index contributed by atoms with van der Waals surface area (Å²) in [5, 5.41) is 0. The Balaban J connectivity index is 1.99. The Labute approximate surface area is 129 Å². The normalized spacial score (nSPS) is 12.6. The van der Waals surface area contributed by atoms with E-state index < -0.39 is 0 Å². The summed E-state index contributed by atoms with van der Waals surface area (Å²) >= 11 is 0. The van der Waals surface area contributed by atoms with Crippen molar-refractivity contribution in [2.24, 2.45) is 10.8 Å². The summed E-state index contributed by atoms with van der Waals surface area (Å²) in [5.41, 5.74) is 4.55. The molecule has 0 aliphatic rings. The van der Waals surface area contributed by atoms with Gasteiger partial charge in [-0.2, -0.15) is 0 Å². The lowest BCUT2D eigenvalue weighted by atomic mass is 9.81.